The number of hydrogen-bond acceptors (Lipinski definition) is 7. The number of nitrogens with zero attached hydrogens (tertiary/aromatic N) is 2. The van der Waals surface area contributed by atoms with E-state index in [0.717, 1.165) is 34.1 Å². The van der Waals surface area contributed by atoms with Crippen LogP contribution >= 0.6 is 0 Å². The summed E-state index contributed by atoms with van der Waals surface area (Å²) in [6.07, 6.45) is 1.38. The average Bonchev–Trinajstić information content (AvgIpc) is 2.81. The SMILES string of the molecule is C=CC[C@@H](C(=O)OCC)N(C(C=C)OCc1ccccc1)S(=O)(=O)c1ccc([N+](=O)[O-])cc1. The third-order valence-corrected chi connectivity index (χ3v) is 6.48. The molecule has 0 bridgehead atoms. The first-order chi connectivity index (χ1) is 15.8. The van der Waals surface area contributed by atoms with Gasteiger partial charge in [-0.15, -0.1) is 6.58 Å². The van der Waals surface area contributed by atoms with E-state index in [2.05, 4.69) is 13.2 Å². The van der Waals surface area contributed by atoms with E-state index in [4.69, 9.17) is 9.47 Å². The van der Waals surface area contributed by atoms with Crippen molar-refractivity contribution >= 4 is 21.7 Å². The molecule has 0 N–H and O–H groups in total. The van der Waals surface area contributed by atoms with E-state index in [9.17, 15) is 23.3 Å². The molecule has 33 heavy (non-hydrogen) atoms. The van der Waals surface area contributed by atoms with Gasteiger partial charge in [-0.05, 0) is 37.1 Å². The summed E-state index contributed by atoms with van der Waals surface area (Å²) in [5, 5.41) is 11.0. The van der Waals surface area contributed by atoms with Crippen LogP contribution < -0.4 is 0 Å². The van der Waals surface area contributed by atoms with E-state index in [0.29, 0.717) is 0 Å². The number of rotatable bonds is 13. The molecule has 0 amide bonds. The highest BCUT2D eigenvalue weighted by Crippen LogP contribution is 2.27. The molecular weight excluding hydrogens is 448 g/mol. The minimum atomic E-state index is -4.38. The predicted molar refractivity (Wildman–Crippen MR) is 123 cm³/mol. The molecule has 2 atom stereocenters. The average molecular weight is 475 g/mol. The minimum absolute atomic E-state index is 0.0432. The lowest BCUT2D eigenvalue weighted by Gasteiger charge is -2.33. The van der Waals surface area contributed by atoms with Gasteiger partial charge in [0.25, 0.3) is 5.69 Å². The number of carbonyl (C=O) groups is 1. The number of benzene rings is 2. The van der Waals surface area contributed by atoms with E-state index in [1.807, 2.05) is 30.3 Å². The van der Waals surface area contributed by atoms with Gasteiger partial charge in [-0.3, -0.25) is 14.9 Å². The quantitative estimate of drug-likeness (QED) is 0.142. The first-order valence-electron chi connectivity index (χ1n) is 10.1. The number of nitro benzene ring substituents is 1. The summed E-state index contributed by atoms with van der Waals surface area (Å²) >= 11 is 0. The smallest absolute Gasteiger partial charge is 0.324 e. The maximum absolute atomic E-state index is 13.6. The normalized spacial score (nSPS) is 13.2. The van der Waals surface area contributed by atoms with Gasteiger partial charge in [-0.25, -0.2) is 8.42 Å². The van der Waals surface area contributed by atoms with Gasteiger partial charge < -0.3 is 9.47 Å². The second-order valence-corrected chi connectivity index (χ2v) is 8.64. The van der Waals surface area contributed by atoms with E-state index in [1.54, 1.807) is 6.92 Å². The highest BCUT2D eigenvalue weighted by Gasteiger charge is 2.41. The van der Waals surface area contributed by atoms with Crippen molar-refractivity contribution in [2.45, 2.75) is 37.1 Å². The number of hydrogen-bond donors (Lipinski definition) is 0. The van der Waals surface area contributed by atoms with Crippen LogP contribution in [0.4, 0.5) is 5.69 Å². The van der Waals surface area contributed by atoms with Crippen LogP contribution in [0.1, 0.15) is 18.9 Å². The summed E-state index contributed by atoms with van der Waals surface area (Å²) in [4.78, 5) is 22.8. The zero-order valence-electron chi connectivity index (χ0n) is 18.2. The lowest BCUT2D eigenvalue weighted by Crippen LogP contribution is -2.51. The molecule has 1 unspecified atom stereocenters. The van der Waals surface area contributed by atoms with Crippen molar-refractivity contribution in [3.05, 3.63) is 95.6 Å². The molecule has 0 fully saturated rings. The molecule has 0 aliphatic heterocycles. The standard InChI is InChI=1S/C23H26N2O7S/c1-4-10-21(23(26)31-6-3)24(22(5-2)32-17-18-11-8-7-9-12-18)33(29,30)20-15-13-19(14-16-20)25(27)28/h4-5,7-9,11-16,21-22H,1-2,6,10,17H2,3H3/t21-,22?/m0/s1. The molecule has 10 heteroatoms. The fraction of sp³-hybridized carbons (Fsp3) is 0.261. The van der Waals surface area contributed by atoms with Gasteiger partial charge >= 0.3 is 5.97 Å². The monoisotopic (exact) mass is 474 g/mol. The van der Waals surface area contributed by atoms with Crippen LogP contribution in [0, 0.1) is 10.1 Å². The lowest BCUT2D eigenvalue weighted by atomic mass is 10.2. The van der Waals surface area contributed by atoms with Crippen LogP contribution in [0.15, 0.2) is 84.8 Å². The number of nitro groups is 1. The van der Waals surface area contributed by atoms with Gasteiger partial charge in [0.05, 0.1) is 23.0 Å². The summed E-state index contributed by atoms with van der Waals surface area (Å²) in [5.41, 5.74) is 0.516. The van der Waals surface area contributed by atoms with E-state index < -0.39 is 33.2 Å². The topological polar surface area (TPSA) is 116 Å². The number of esters is 1. The molecule has 0 spiro atoms. The molecule has 176 valence electrons. The summed E-state index contributed by atoms with van der Waals surface area (Å²) < 4.78 is 39.1. The predicted octanol–water partition coefficient (Wildman–Crippen LogP) is 3.82. The van der Waals surface area contributed by atoms with Crippen LogP contribution in [0.5, 0.6) is 0 Å². The first kappa shape index (κ1) is 25.9. The van der Waals surface area contributed by atoms with Crippen molar-refractivity contribution in [1.82, 2.24) is 4.31 Å². The van der Waals surface area contributed by atoms with Gasteiger partial charge in [-0.1, -0.05) is 43.0 Å². The Morgan fingerprint density at radius 2 is 1.79 bits per heavy atom. The molecule has 0 heterocycles. The summed E-state index contributed by atoms with van der Waals surface area (Å²) in [5.74, 6) is -0.780. The molecule has 0 aliphatic carbocycles. The number of carbonyl (C=O) groups excluding carboxylic acids is 1. The van der Waals surface area contributed by atoms with Gasteiger partial charge in [0.2, 0.25) is 10.0 Å². The third kappa shape index (κ3) is 6.58. The van der Waals surface area contributed by atoms with E-state index in [-0.39, 0.29) is 30.2 Å². The highest BCUT2D eigenvalue weighted by molar-refractivity contribution is 7.89. The maximum Gasteiger partial charge on any atom is 0.324 e. The third-order valence-electron chi connectivity index (χ3n) is 4.59. The molecule has 0 saturated carbocycles. The summed E-state index contributed by atoms with van der Waals surface area (Å²) in [6.45, 7) is 9.01. The molecular formula is C23H26N2O7S. The molecule has 0 aliphatic rings. The maximum atomic E-state index is 13.6. The molecule has 2 rings (SSSR count). The summed E-state index contributed by atoms with van der Waals surface area (Å²) in [6, 6.07) is 12.1. The Balaban J connectivity index is 2.53. The van der Waals surface area contributed by atoms with Crippen molar-refractivity contribution < 1.29 is 27.6 Å². The van der Waals surface area contributed by atoms with Crippen molar-refractivity contribution in [2.24, 2.45) is 0 Å². The lowest BCUT2D eigenvalue weighted by molar-refractivity contribution is -0.384. The zero-order chi connectivity index (χ0) is 24.4. The Labute approximate surface area is 193 Å². The Morgan fingerprint density at radius 1 is 1.15 bits per heavy atom. The van der Waals surface area contributed by atoms with Gasteiger partial charge in [0.15, 0.2) is 0 Å². The second kappa shape index (κ2) is 12.0. The largest absolute Gasteiger partial charge is 0.465 e. The van der Waals surface area contributed by atoms with Gasteiger partial charge in [-0.2, -0.15) is 4.31 Å². The van der Waals surface area contributed by atoms with Gasteiger partial charge in [0, 0.05) is 12.1 Å². The van der Waals surface area contributed by atoms with Crippen molar-refractivity contribution in [3.8, 4) is 0 Å². The van der Waals surface area contributed by atoms with Crippen LogP contribution in [-0.2, 0) is 30.9 Å². The van der Waals surface area contributed by atoms with E-state index in [1.165, 1.54) is 12.2 Å². The molecule has 0 aromatic heterocycles. The minimum Gasteiger partial charge on any atom is -0.465 e. The summed E-state index contributed by atoms with van der Waals surface area (Å²) in [7, 11) is -4.38. The second-order valence-electron chi connectivity index (χ2n) is 6.80. The molecule has 9 nitrogen and oxygen atoms in total. The van der Waals surface area contributed by atoms with Crippen LogP contribution in [0.3, 0.4) is 0 Å². The van der Waals surface area contributed by atoms with Crippen molar-refractivity contribution in [3.63, 3.8) is 0 Å². The molecule has 2 aromatic rings. The Kier molecular flexibility index (Phi) is 9.46. The first-order valence-corrected chi connectivity index (χ1v) is 11.5. The number of sulfonamides is 1. The fourth-order valence-electron chi connectivity index (χ4n) is 3.04. The highest BCUT2D eigenvalue weighted by atomic mass is 32.2. The number of ether oxygens (including phenoxy) is 2. The Hall–Kier alpha value is -3.34. The molecule has 2 aromatic carbocycles. The zero-order valence-corrected chi connectivity index (χ0v) is 19.0. The fourth-order valence-corrected chi connectivity index (χ4v) is 4.70. The van der Waals surface area contributed by atoms with Crippen LogP contribution in [-0.4, -0.2) is 42.5 Å². The van der Waals surface area contributed by atoms with Crippen LogP contribution in [0.25, 0.3) is 0 Å². The molecule has 0 radical (unpaired) electrons. The van der Waals surface area contributed by atoms with Crippen LogP contribution in [0.2, 0.25) is 0 Å². The Bertz CT molecular complexity index is 1070. The number of non-ortho nitro benzene ring substituents is 1. The van der Waals surface area contributed by atoms with E-state index >= 15 is 0 Å². The Morgan fingerprint density at radius 3 is 2.30 bits per heavy atom. The van der Waals surface area contributed by atoms with Crippen molar-refractivity contribution in [2.75, 3.05) is 6.61 Å². The van der Waals surface area contributed by atoms with Crippen molar-refractivity contribution in [1.29, 1.82) is 0 Å². The van der Waals surface area contributed by atoms with Gasteiger partial charge in [0.1, 0.15) is 12.3 Å². The molecule has 0 saturated heterocycles.